The fourth-order valence-corrected chi connectivity index (χ4v) is 7.88. The number of benzene rings is 2. The molecule has 26 heteroatoms. The summed E-state index contributed by atoms with van der Waals surface area (Å²) in [4.78, 5) is 144. The molecule has 0 bridgehead atoms. The van der Waals surface area contributed by atoms with Crippen molar-refractivity contribution in [2.24, 2.45) is 11.5 Å². The van der Waals surface area contributed by atoms with Crippen molar-refractivity contribution in [1.29, 1.82) is 0 Å². The van der Waals surface area contributed by atoms with Crippen molar-refractivity contribution in [3.8, 4) is 11.5 Å². The summed E-state index contributed by atoms with van der Waals surface area (Å²) >= 11 is 0. The minimum atomic E-state index is -1.22. The van der Waals surface area contributed by atoms with E-state index in [1.165, 1.54) is 58.9 Å². The van der Waals surface area contributed by atoms with E-state index in [2.05, 4.69) is 58.5 Å². The van der Waals surface area contributed by atoms with Crippen LogP contribution < -0.4 is 70.0 Å². The Morgan fingerprint density at radius 3 is 1.43 bits per heavy atom. The van der Waals surface area contributed by atoms with Crippen molar-refractivity contribution in [3.63, 3.8) is 0 Å². The van der Waals surface area contributed by atoms with Crippen LogP contribution in [-0.4, -0.2) is 156 Å². The number of nitrogens with one attached hydrogen (secondary N) is 11. The van der Waals surface area contributed by atoms with Crippen LogP contribution in [0.5, 0.6) is 11.5 Å². The molecular weight excluding hydrogens is 1030 g/mol. The lowest BCUT2D eigenvalue weighted by atomic mass is 10.0. The minimum Gasteiger partial charge on any atom is -0.508 e. The minimum absolute atomic E-state index is 0.00304. The molecule has 17 N–H and O–H groups in total. The summed E-state index contributed by atoms with van der Waals surface area (Å²) in [5.74, 6) is -6.90. The molecule has 2 aromatic rings. The molecule has 0 spiro atoms. The molecule has 0 aromatic heterocycles. The Morgan fingerprint density at radius 2 is 0.937 bits per heavy atom. The van der Waals surface area contributed by atoms with Gasteiger partial charge in [0.25, 0.3) is 0 Å². The number of aromatic hydroxyl groups is 2. The number of unbranched alkanes of at least 4 members (excludes halogenated alkanes) is 4. The Hall–Kier alpha value is -7.87. The average Bonchev–Trinajstić information content (AvgIpc) is 3.40. The second-order valence-electron chi connectivity index (χ2n) is 19.7. The summed E-state index contributed by atoms with van der Waals surface area (Å²) in [6.45, 7) is 7.36. The highest BCUT2D eigenvalue weighted by molar-refractivity contribution is 5.98. The maximum absolute atomic E-state index is 14.0. The summed E-state index contributed by atoms with van der Waals surface area (Å²) < 4.78 is 0. The van der Waals surface area contributed by atoms with E-state index in [4.69, 9.17) is 11.5 Å². The molecule has 1 fully saturated rings. The summed E-state index contributed by atoms with van der Waals surface area (Å²) in [6, 6.07) is 2.13. The van der Waals surface area contributed by atoms with E-state index >= 15 is 0 Å². The van der Waals surface area contributed by atoms with Crippen molar-refractivity contribution < 1.29 is 63.0 Å². The smallest absolute Gasteiger partial charge is 0.243 e. The van der Waals surface area contributed by atoms with Crippen LogP contribution in [0, 0.1) is 0 Å². The van der Waals surface area contributed by atoms with Crippen LogP contribution in [0.15, 0.2) is 48.5 Å². The molecule has 9 atom stereocenters. The van der Waals surface area contributed by atoms with Crippen LogP contribution in [0.4, 0.5) is 0 Å². The zero-order chi connectivity index (χ0) is 58.6. The molecule has 0 aliphatic carbocycles. The number of carbonyl (C=O) groups excluding carboxylic acids is 11. The van der Waals surface area contributed by atoms with E-state index in [0.717, 1.165) is 0 Å². The van der Waals surface area contributed by atoms with Crippen molar-refractivity contribution in [2.75, 3.05) is 26.2 Å². The molecule has 1 heterocycles. The van der Waals surface area contributed by atoms with E-state index in [0.29, 0.717) is 69.0 Å². The van der Waals surface area contributed by atoms with Crippen LogP contribution in [-0.2, 0) is 65.6 Å². The van der Waals surface area contributed by atoms with Gasteiger partial charge in [0.15, 0.2) is 0 Å². The highest BCUT2D eigenvalue weighted by atomic mass is 16.3. The highest BCUT2D eigenvalue weighted by Gasteiger charge is 2.31. The Balaban J connectivity index is 1.54. The first-order chi connectivity index (χ1) is 37.5. The predicted molar refractivity (Wildman–Crippen MR) is 290 cm³/mol. The van der Waals surface area contributed by atoms with Crippen molar-refractivity contribution in [3.05, 3.63) is 59.7 Å². The van der Waals surface area contributed by atoms with Gasteiger partial charge in [-0.3, -0.25) is 52.7 Å². The van der Waals surface area contributed by atoms with E-state index < -0.39 is 120 Å². The van der Waals surface area contributed by atoms with E-state index in [1.807, 2.05) is 0 Å². The quantitative estimate of drug-likeness (QED) is 0.0430. The first kappa shape index (κ1) is 65.4. The monoisotopic (exact) mass is 1110 g/mol. The molecule has 436 valence electrons. The Labute approximate surface area is 460 Å². The van der Waals surface area contributed by atoms with Crippen molar-refractivity contribution in [2.45, 2.75) is 166 Å². The van der Waals surface area contributed by atoms with Gasteiger partial charge < -0.3 is 80.2 Å². The van der Waals surface area contributed by atoms with E-state index in [9.17, 15) is 63.0 Å². The molecule has 0 saturated carbocycles. The first-order valence-corrected chi connectivity index (χ1v) is 26.7. The SMILES string of the molecule is C[C@@H]1NC(=O)[C@@H](C)NC(=O)[C@H](C)NC(=O)[C@@H](C)NC(=O)[C@H](CCCCNC(=O)CCCCCNC(=O)[C@H](Cc2ccc(O)cc2)NC(=O)[C@H](Cc2ccc(O)cc2)NC(=O)CNC(=O)[C@@H](N)CCCCN)NC(=O)[C@@H](C)NC1=O. The molecule has 11 amide bonds. The molecule has 2 aromatic carbocycles. The van der Waals surface area contributed by atoms with Gasteiger partial charge in [-0.1, -0.05) is 37.1 Å². The highest BCUT2D eigenvalue weighted by Crippen LogP contribution is 2.14. The van der Waals surface area contributed by atoms with Crippen LogP contribution in [0.3, 0.4) is 0 Å². The Kier molecular flexibility index (Phi) is 28.2. The summed E-state index contributed by atoms with van der Waals surface area (Å²) in [6.07, 6.45) is 4.13. The number of rotatable bonds is 26. The number of nitrogens with two attached hydrogens (primary N) is 2. The second-order valence-corrected chi connectivity index (χ2v) is 19.7. The lowest BCUT2D eigenvalue weighted by Gasteiger charge is -2.25. The fourth-order valence-electron chi connectivity index (χ4n) is 7.88. The molecule has 0 radical (unpaired) electrons. The lowest BCUT2D eigenvalue weighted by Crippen LogP contribution is -2.59. The van der Waals surface area contributed by atoms with Crippen LogP contribution >= 0.6 is 0 Å². The molecule has 1 saturated heterocycles. The summed E-state index contributed by atoms with van der Waals surface area (Å²) in [5, 5.41) is 48.3. The van der Waals surface area contributed by atoms with E-state index in [1.54, 1.807) is 24.3 Å². The van der Waals surface area contributed by atoms with Gasteiger partial charge in [0.1, 0.15) is 59.8 Å². The zero-order valence-corrected chi connectivity index (χ0v) is 45.7. The second kappa shape index (κ2) is 34.1. The van der Waals surface area contributed by atoms with Gasteiger partial charge in [-0.2, -0.15) is 0 Å². The van der Waals surface area contributed by atoms with Gasteiger partial charge in [-0.25, -0.2) is 0 Å². The molecule has 1 aliphatic rings. The normalized spacial score (nSPS) is 20.6. The van der Waals surface area contributed by atoms with Crippen molar-refractivity contribution in [1.82, 2.24) is 58.5 Å². The largest absolute Gasteiger partial charge is 0.508 e. The van der Waals surface area contributed by atoms with Gasteiger partial charge >= 0.3 is 0 Å². The van der Waals surface area contributed by atoms with Gasteiger partial charge in [0, 0.05) is 32.4 Å². The standard InChI is InChI=1S/C53H81N13O13/c1-30-45(71)60-32(3)47(73)62-34(5)49(75)65-40(52(78)63-33(4)48(74)61-31(2)46(72)59-30)14-9-12-25-56-43(69)15-7-6-11-26-57-51(77)41(27-35-16-20-37(67)21-17-35)66-53(79)42(28-36-18-22-38(68)23-19-36)64-44(70)29-58-50(76)39(55)13-8-10-24-54/h16-23,30-34,39-42,67-68H,6-15,24-29,54-55H2,1-5H3,(H,56,69)(H,57,77)(H,58,76)(H,59,72)(H,60,71)(H,61,74)(H,62,73)(H,63,78)(H,64,70)(H,65,75)(H,66,79)/t30-,31+,32+,33-,34-,39+,40+,41+,42+/m1/s1. The van der Waals surface area contributed by atoms with Crippen LogP contribution in [0.25, 0.3) is 0 Å². The Morgan fingerprint density at radius 1 is 0.494 bits per heavy atom. The topological polar surface area (TPSA) is 413 Å². The Bertz CT molecular complexity index is 2390. The van der Waals surface area contributed by atoms with Crippen LogP contribution in [0.1, 0.15) is 110 Å². The lowest BCUT2D eigenvalue weighted by molar-refractivity contribution is -0.136. The summed E-state index contributed by atoms with van der Waals surface area (Å²) in [7, 11) is 0. The maximum atomic E-state index is 14.0. The first-order valence-electron chi connectivity index (χ1n) is 26.7. The number of carbonyl (C=O) groups is 11. The third-order valence-corrected chi connectivity index (χ3v) is 12.8. The van der Waals surface area contributed by atoms with Crippen LogP contribution in [0.2, 0.25) is 0 Å². The molecule has 79 heavy (non-hydrogen) atoms. The number of phenolic OH excluding ortho intramolecular Hbond substituents is 2. The van der Waals surface area contributed by atoms with Gasteiger partial charge in [0.05, 0.1) is 12.6 Å². The number of hydrogen-bond donors (Lipinski definition) is 15. The van der Waals surface area contributed by atoms with Gasteiger partial charge in [-0.15, -0.1) is 0 Å². The molecule has 26 nitrogen and oxygen atoms in total. The summed E-state index contributed by atoms with van der Waals surface area (Å²) in [5.41, 5.74) is 12.7. The van der Waals surface area contributed by atoms with Gasteiger partial charge in [0.2, 0.25) is 65.0 Å². The predicted octanol–water partition coefficient (Wildman–Crippen LogP) is -2.59. The maximum Gasteiger partial charge on any atom is 0.243 e. The molecule has 0 unspecified atom stereocenters. The van der Waals surface area contributed by atoms with Gasteiger partial charge in [-0.05, 0) is 122 Å². The molecular formula is C53H81N13O13. The zero-order valence-electron chi connectivity index (χ0n) is 45.7. The number of amides is 11. The molecule has 3 rings (SSSR count). The average molecular weight is 1110 g/mol. The van der Waals surface area contributed by atoms with E-state index in [-0.39, 0.29) is 56.2 Å². The third kappa shape index (κ3) is 24.6. The third-order valence-electron chi connectivity index (χ3n) is 12.8. The number of hydrogen-bond acceptors (Lipinski definition) is 15. The van der Waals surface area contributed by atoms with Crippen molar-refractivity contribution >= 4 is 65.0 Å². The fraction of sp³-hybridized carbons (Fsp3) is 0.566. The number of phenols is 2. The molecule has 1 aliphatic heterocycles.